The third kappa shape index (κ3) is 2.71. The summed E-state index contributed by atoms with van der Waals surface area (Å²) >= 11 is 9.05. The van der Waals surface area contributed by atoms with Gasteiger partial charge in [0.1, 0.15) is 5.82 Å². The molecule has 4 heteroatoms. The topological polar surface area (TPSA) is 26.0 Å². The Morgan fingerprint density at radius 3 is 2.67 bits per heavy atom. The molecule has 1 aromatic rings. The first-order valence-electron chi connectivity index (χ1n) is 4.92. The van der Waals surface area contributed by atoms with Gasteiger partial charge in [0, 0.05) is 20.6 Å². The molecule has 0 aliphatic heterocycles. The van der Waals surface area contributed by atoms with E-state index < -0.39 is 0 Å². The van der Waals surface area contributed by atoms with Crippen LogP contribution in [0, 0.1) is 5.82 Å². The van der Waals surface area contributed by atoms with Crippen LogP contribution >= 0.6 is 27.5 Å². The molecule has 0 spiro atoms. The van der Waals surface area contributed by atoms with Crippen LogP contribution in [0.5, 0.6) is 0 Å². The smallest absolute Gasteiger partial charge is 0.129 e. The van der Waals surface area contributed by atoms with E-state index in [1.54, 1.807) is 6.07 Å². The highest BCUT2D eigenvalue weighted by molar-refractivity contribution is 9.10. The fraction of sp³-hybridized carbons (Fsp3) is 0.455. The Morgan fingerprint density at radius 1 is 1.47 bits per heavy atom. The van der Waals surface area contributed by atoms with Crippen LogP contribution in [0.3, 0.4) is 0 Å². The molecular formula is C11H12BrClFN. The van der Waals surface area contributed by atoms with E-state index in [9.17, 15) is 4.39 Å². The molecule has 1 aromatic carbocycles. The van der Waals surface area contributed by atoms with Gasteiger partial charge in [0.25, 0.3) is 0 Å². The van der Waals surface area contributed by atoms with Crippen LogP contribution in [0.4, 0.5) is 4.39 Å². The van der Waals surface area contributed by atoms with Crippen molar-refractivity contribution in [1.82, 2.24) is 0 Å². The number of rotatable bonds is 3. The molecule has 2 N–H and O–H groups in total. The third-order valence-corrected chi connectivity index (χ3v) is 3.80. The van der Waals surface area contributed by atoms with E-state index in [4.69, 9.17) is 17.3 Å². The zero-order chi connectivity index (χ0) is 11.1. The van der Waals surface area contributed by atoms with Crippen molar-refractivity contribution in [3.8, 4) is 0 Å². The zero-order valence-corrected chi connectivity index (χ0v) is 10.5. The number of hydrogen-bond acceptors (Lipinski definition) is 1. The van der Waals surface area contributed by atoms with Gasteiger partial charge in [-0.2, -0.15) is 0 Å². The van der Waals surface area contributed by atoms with Crippen LogP contribution in [0.1, 0.15) is 24.8 Å². The molecule has 0 amide bonds. The van der Waals surface area contributed by atoms with Gasteiger partial charge in [-0.1, -0.05) is 27.5 Å². The molecule has 1 fully saturated rings. The number of benzene rings is 1. The maximum Gasteiger partial charge on any atom is 0.129 e. The Bertz CT molecular complexity index is 367. The van der Waals surface area contributed by atoms with Gasteiger partial charge >= 0.3 is 0 Å². The van der Waals surface area contributed by atoms with E-state index >= 15 is 0 Å². The largest absolute Gasteiger partial charge is 0.325 e. The van der Waals surface area contributed by atoms with Crippen LogP contribution in [-0.4, -0.2) is 5.54 Å². The quantitative estimate of drug-likeness (QED) is 0.904. The van der Waals surface area contributed by atoms with Gasteiger partial charge in [-0.25, -0.2) is 4.39 Å². The standard InChI is InChI=1S/C11H12BrClFN/c12-9-5-7(13)6-10(14)8(9)1-2-11(15)3-4-11/h5-6H,1-4,15H2. The summed E-state index contributed by atoms with van der Waals surface area (Å²) in [7, 11) is 0. The SMILES string of the molecule is NC1(CCc2c(F)cc(Cl)cc2Br)CC1. The normalized spacial score (nSPS) is 17.9. The second-order valence-electron chi connectivity index (χ2n) is 4.21. The number of halogens is 3. The van der Waals surface area contributed by atoms with Gasteiger partial charge < -0.3 is 5.73 Å². The van der Waals surface area contributed by atoms with Gasteiger partial charge in [-0.15, -0.1) is 0 Å². The fourth-order valence-corrected chi connectivity index (χ4v) is 2.57. The van der Waals surface area contributed by atoms with Gasteiger partial charge in [0.05, 0.1) is 0 Å². The Hall–Kier alpha value is -0.120. The second-order valence-corrected chi connectivity index (χ2v) is 5.50. The Morgan fingerprint density at radius 2 is 2.13 bits per heavy atom. The average molecular weight is 293 g/mol. The summed E-state index contributed by atoms with van der Waals surface area (Å²) in [5.41, 5.74) is 6.60. The lowest BCUT2D eigenvalue weighted by Crippen LogP contribution is -2.22. The van der Waals surface area contributed by atoms with E-state index in [0.29, 0.717) is 17.0 Å². The molecule has 0 aromatic heterocycles. The molecule has 0 heterocycles. The minimum absolute atomic E-state index is 0.0362. The predicted octanol–water partition coefficient (Wildman–Crippen LogP) is 3.67. The summed E-state index contributed by atoms with van der Waals surface area (Å²) in [6, 6.07) is 3.06. The van der Waals surface area contributed by atoms with Crippen LogP contribution in [0.25, 0.3) is 0 Å². The van der Waals surface area contributed by atoms with Gasteiger partial charge in [-0.05, 0) is 37.8 Å². The lowest BCUT2D eigenvalue weighted by molar-refractivity contribution is 0.569. The monoisotopic (exact) mass is 291 g/mol. The highest BCUT2D eigenvalue weighted by Crippen LogP contribution is 2.37. The van der Waals surface area contributed by atoms with E-state index in [0.717, 1.165) is 23.7 Å². The number of nitrogens with two attached hydrogens (primary N) is 1. The summed E-state index contributed by atoms with van der Waals surface area (Å²) in [5, 5.41) is 0.414. The molecule has 15 heavy (non-hydrogen) atoms. The molecule has 1 saturated carbocycles. The van der Waals surface area contributed by atoms with Crippen molar-refractivity contribution in [3.63, 3.8) is 0 Å². The molecule has 1 aliphatic rings. The molecule has 2 rings (SSSR count). The first kappa shape index (κ1) is 11.4. The van der Waals surface area contributed by atoms with E-state index in [-0.39, 0.29) is 11.4 Å². The minimum atomic E-state index is -0.251. The molecule has 1 aliphatic carbocycles. The summed E-state index contributed by atoms with van der Waals surface area (Å²) in [6.07, 6.45) is 3.61. The molecular weight excluding hydrogens is 280 g/mol. The molecule has 1 nitrogen and oxygen atoms in total. The van der Waals surface area contributed by atoms with Crippen molar-refractivity contribution in [3.05, 3.63) is 33.0 Å². The van der Waals surface area contributed by atoms with Crippen molar-refractivity contribution in [2.24, 2.45) is 5.73 Å². The molecule has 82 valence electrons. The Kier molecular flexibility index (Phi) is 3.06. The fourth-order valence-electron chi connectivity index (χ4n) is 1.60. The van der Waals surface area contributed by atoms with Crippen LogP contribution in [0.15, 0.2) is 16.6 Å². The minimum Gasteiger partial charge on any atom is -0.325 e. The summed E-state index contributed by atoms with van der Waals surface area (Å²) in [4.78, 5) is 0. The van der Waals surface area contributed by atoms with Gasteiger partial charge in [-0.3, -0.25) is 0 Å². The summed E-state index contributed by atoms with van der Waals surface area (Å²) < 4.78 is 14.3. The predicted molar refractivity (Wildman–Crippen MR) is 63.6 cm³/mol. The van der Waals surface area contributed by atoms with Crippen molar-refractivity contribution >= 4 is 27.5 Å². The average Bonchev–Trinajstić information content (AvgIpc) is 2.82. The van der Waals surface area contributed by atoms with E-state index in [1.807, 2.05) is 0 Å². The molecule has 0 radical (unpaired) electrons. The maximum absolute atomic E-state index is 13.6. The van der Waals surface area contributed by atoms with Gasteiger partial charge in [0.2, 0.25) is 0 Å². The first-order valence-corrected chi connectivity index (χ1v) is 6.10. The van der Waals surface area contributed by atoms with Crippen LogP contribution < -0.4 is 5.73 Å². The second kappa shape index (κ2) is 4.04. The van der Waals surface area contributed by atoms with E-state index in [1.165, 1.54) is 6.07 Å². The number of hydrogen-bond donors (Lipinski definition) is 1. The third-order valence-electron chi connectivity index (χ3n) is 2.87. The summed E-state index contributed by atoms with van der Waals surface area (Å²) in [6.45, 7) is 0. The summed E-state index contributed by atoms with van der Waals surface area (Å²) in [5.74, 6) is -0.251. The first-order chi connectivity index (χ1) is 7.00. The molecule has 0 saturated heterocycles. The van der Waals surface area contributed by atoms with Gasteiger partial charge in [0.15, 0.2) is 0 Å². The van der Waals surface area contributed by atoms with Crippen molar-refractivity contribution in [2.45, 2.75) is 31.2 Å². The van der Waals surface area contributed by atoms with Crippen molar-refractivity contribution < 1.29 is 4.39 Å². The lowest BCUT2D eigenvalue weighted by atomic mass is 10.0. The zero-order valence-electron chi connectivity index (χ0n) is 8.19. The molecule has 0 unspecified atom stereocenters. The van der Waals surface area contributed by atoms with Crippen LogP contribution in [0.2, 0.25) is 5.02 Å². The molecule has 0 atom stereocenters. The Balaban J connectivity index is 2.13. The maximum atomic E-state index is 13.6. The molecule has 0 bridgehead atoms. The highest BCUT2D eigenvalue weighted by atomic mass is 79.9. The van der Waals surface area contributed by atoms with Crippen molar-refractivity contribution in [2.75, 3.05) is 0 Å². The highest BCUT2D eigenvalue weighted by Gasteiger charge is 2.37. The van der Waals surface area contributed by atoms with E-state index in [2.05, 4.69) is 15.9 Å². The lowest BCUT2D eigenvalue weighted by Gasteiger charge is -2.10. The Labute approximate surface area is 102 Å². The van der Waals surface area contributed by atoms with Crippen LogP contribution in [-0.2, 0) is 6.42 Å². The van der Waals surface area contributed by atoms with Crippen molar-refractivity contribution in [1.29, 1.82) is 0 Å².